The molecule has 1 N–H and O–H groups in total. The van der Waals surface area contributed by atoms with E-state index in [-0.39, 0.29) is 5.91 Å². The maximum Gasteiger partial charge on any atom is 0.256 e. The molecule has 1 aliphatic carbocycles. The van der Waals surface area contributed by atoms with E-state index in [1.165, 1.54) is 28.8 Å². The Morgan fingerprint density at radius 3 is 2.50 bits per heavy atom. The van der Waals surface area contributed by atoms with Gasteiger partial charge in [-0.15, -0.1) is 11.3 Å². The number of methoxy groups -OCH3 is 1. The standard InChI is InChI=1S/C21H28N2O2S/c1-4-23(5-2)14-18-17-8-6-7-9-19(17)26-21(18)22-20(24)15-10-12-16(25-3)13-11-15/h10-13H,4-9,14H2,1-3H3,(H,22,24). The van der Waals surface area contributed by atoms with Crippen LogP contribution in [0.15, 0.2) is 24.3 Å². The van der Waals surface area contributed by atoms with Crippen LogP contribution < -0.4 is 10.1 Å². The molecule has 0 bridgehead atoms. The predicted octanol–water partition coefficient (Wildman–Crippen LogP) is 4.73. The fourth-order valence-corrected chi connectivity index (χ4v) is 4.78. The van der Waals surface area contributed by atoms with E-state index in [0.29, 0.717) is 5.56 Å². The molecule has 1 amide bonds. The number of hydrogen-bond donors (Lipinski definition) is 1. The first-order valence-electron chi connectivity index (χ1n) is 9.47. The molecule has 0 spiro atoms. The van der Waals surface area contributed by atoms with Gasteiger partial charge in [0.05, 0.1) is 7.11 Å². The highest BCUT2D eigenvalue weighted by Gasteiger charge is 2.23. The summed E-state index contributed by atoms with van der Waals surface area (Å²) in [6, 6.07) is 7.27. The predicted molar refractivity (Wildman–Crippen MR) is 109 cm³/mol. The number of nitrogens with zero attached hydrogens (tertiary/aromatic N) is 1. The molecule has 2 aromatic rings. The molecule has 0 radical (unpaired) electrons. The highest BCUT2D eigenvalue weighted by atomic mass is 32.1. The first kappa shape index (κ1) is 18.9. The molecule has 26 heavy (non-hydrogen) atoms. The molecule has 140 valence electrons. The second kappa shape index (κ2) is 8.69. The lowest BCUT2D eigenvalue weighted by molar-refractivity contribution is 0.102. The van der Waals surface area contributed by atoms with Crippen molar-refractivity contribution in [2.75, 3.05) is 25.5 Å². The number of rotatable bonds is 7. The van der Waals surface area contributed by atoms with Crippen LogP contribution in [-0.4, -0.2) is 31.0 Å². The Morgan fingerprint density at radius 1 is 1.15 bits per heavy atom. The van der Waals surface area contributed by atoms with Crippen LogP contribution in [0.25, 0.3) is 0 Å². The van der Waals surface area contributed by atoms with Crippen molar-refractivity contribution in [2.24, 2.45) is 0 Å². The summed E-state index contributed by atoms with van der Waals surface area (Å²) in [5, 5.41) is 4.22. The molecule has 0 saturated carbocycles. The second-order valence-electron chi connectivity index (χ2n) is 6.66. The number of ether oxygens (including phenoxy) is 1. The Morgan fingerprint density at radius 2 is 1.85 bits per heavy atom. The second-order valence-corrected chi connectivity index (χ2v) is 7.77. The van der Waals surface area contributed by atoms with Crippen LogP contribution in [0.1, 0.15) is 53.1 Å². The zero-order valence-electron chi connectivity index (χ0n) is 15.9. The van der Waals surface area contributed by atoms with Gasteiger partial charge in [0.15, 0.2) is 0 Å². The molecule has 0 saturated heterocycles. The molecule has 1 heterocycles. The molecule has 0 aliphatic heterocycles. The highest BCUT2D eigenvalue weighted by Crippen LogP contribution is 2.39. The van der Waals surface area contributed by atoms with Crippen molar-refractivity contribution in [3.8, 4) is 5.75 Å². The van der Waals surface area contributed by atoms with Gasteiger partial charge in [-0.05, 0) is 68.6 Å². The van der Waals surface area contributed by atoms with Gasteiger partial charge < -0.3 is 10.1 Å². The van der Waals surface area contributed by atoms with Crippen molar-refractivity contribution >= 4 is 22.2 Å². The van der Waals surface area contributed by atoms with Gasteiger partial charge >= 0.3 is 0 Å². The summed E-state index contributed by atoms with van der Waals surface area (Å²) in [5.41, 5.74) is 3.47. The van der Waals surface area contributed by atoms with Crippen molar-refractivity contribution < 1.29 is 9.53 Å². The molecule has 1 aromatic heterocycles. The summed E-state index contributed by atoms with van der Waals surface area (Å²) in [5.74, 6) is 0.711. The van der Waals surface area contributed by atoms with Gasteiger partial charge in [0.25, 0.3) is 5.91 Å². The molecule has 4 nitrogen and oxygen atoms in total. The van der Waals surface area contributed by atoms with Crippen LogP contribution in [0.4, 0.5) is 5.00 Å². The number of nitrogens with one attached hydrogen (secondary N) is 1. The third-order valence-corrected chi connectivity index (χ3v) is 6.39. The molecule has 5 heteroatoms. The summed E-state index contributed by atoms with van der Waals surface area (Å²) >= 11 is 1.77. The number of aryl methyl sites for hydroxylation is 1. The van der Waals surface area contributed by atoms with E-state index in [0.717, 1.165) is 43.2 Å². The average Bonchev–Trinajstić information content (AvgIpc) is 3.02. The third kappa shape index (κ3) is 4.10. The van der Waals surface area contributed by atoms with Crippen molar-refractivity contribution in [1.82, 2.24) is 4.90 Å². The number of carbonyl (C=O) groups is 1. The van der Waals surface area contributed by atoms with Crippen LogP contribution in [0, 0.1) is 0 Å². The minimum Gasteiger partial charge on any atom is -0.497 e. The third-order valence-electron chi connectivity index (χ3n) is 5.14. The van der Waals surface area contributed by atoms with Crippen LogP contribution in [-0.2, 0) is 19.4 Å². The molecule has 1 aliphatic rings. The summed E-state index contributed by atoms with van der Waals surface area (Å²) < 4.78 is 5.17. The average molecular weight is 373 g/mol. The van der Waals surface area contributed by atoms with Gasteiger partial charge in [-0.2, -0.15) is 0 Å². The summed E-state index contributed by atoms with van der Waals surface area (Å²) in [4.78, 5) is 16.6. The van der Waals surface area contributed by atoms with Crippen molar-refractivity contribution in [3.05, 3.63) is 45.8 Å². The Bertz CT molecular complexity index is 748. The Kier molecular flexibility index (Phi) is 6.33. The number of thiophene rings is 1. The Hall–Kier alpha value is -1.85. The zero-order chi connectivity index (χ0) is 18.5. The molecule has 0 fully saturated rings. The van der Waals surface area contributed by atoms with Crippen molar-refractivity contribution in [2.45, 2.75) is 46.1 Å². The molecule has 3 rings (SSSR count). The van der Waals surface area contributed by atoms with Crippen LogP contribution in [0.2, 0.25) is 0 Å². The van der Waals surface area contributed by atoms with Crippen LogP contribution in [0.5, 0.6) is 5.75 Å². The van der Waals surface area contributed by atoms with E-state index >= 15 is 0 Å². The van der Waals surface area contributed by atoms with Crippen LogP contribution in [0.3, 0.4) is 0 Å². The van der Waals surface area contributed by atoms with E-state index in [9.17, 15) is 4.79 Å². The van der Waals surface area contributed by atoms with E-state index in [2.05, 4.69) is 24.1 Å². The Labute approximate surface area is 160 Å². The smallest absolute Gasteiger partial charge is 0.256 e. The number of amides is 1. The lowest BCUT2D eigenvalue weighted by Crippen LogP contribution is -2.24. The first-order chi connectivity index (χ1) is 12.7. The number of carbonyl (C=O) groups excluding carboxylic acids is 1. The fraction of sp³-hybridized carbons (Fsp3) is 0.476. The zero-order valence-corrected chi connectivity index (χ0v) is 16.7. The maximum atomic E-state index is 12.7. The van der Waals surface area contributed by atoms with Gasteiger partial charge in [0.2, 0.25) is 0 Å². The topological polar surface area (TPSA) is 41.6 Å². The minimum absolute atomic E-state index is 0.0490. The van der Waals surface area contributed by atoms with Gasteiger partial charge in [-0.25, -0.2) is 0 Å². The molecular weight excluding hydrogens is 344 g/mol. The fourth-order valence-electron chi connectivity index (χ4n) is 3.49. The van der Waals surface area contributed by atoms with E-state index in [1.807, 2.05) is 24.3 Å². The van der Waals surface area contributed by atoms with Gasteiger partial charge in [0, 0.05) is 22.5 Å². The molecule has 1 aromatic carbocycles. The lowest BCUT2D eigenvalue weighted by Gasteiger charge is -2.21. The maximum absolute atomic E-state index is 12.7. The molecule has 0 atom stereocenters. The highest BCUT2D eigenvalue weighted by molar-refractivity contribution is 7.16. The quantitative estimate of drug-likeness (QED) is 0.764. The van der Waals surface area contributed by atoms with Gasteiger partial charge in [-0.1, -0.05) is 13.8 Å². The summed E-state index contributed by atoms with van der Waals surface area (Å²) in [6.45, 7) is 7.34. The van der Waals surface area contributed by atoms with E-state index < -0.39 is 0 Å². The minimum atomic E-state index is -0.0490. The largest absolute Gasteiger partial charge is 0.497 e. The number of benzene rings is 1. The lowest BCUT2D eigenvalue weighted by atomic mass is 9.95. The summed E-state index contributed by atoms with van der Waals surface area (Å²) in [6.07, 6.45) is 4.79. The molecular formula is C21H28N2O2S. The van der Waals surface area contributed by atoms with Gasteiger partial charge in [0.1, 0.15) is 10.8 Å². The molecule has 0 unspecified atom stereocenters. The summed E-state index contributed by atoms with van der Waals surface area (Å²) in [7, 11) is 1.63. The van der Waals surface area contributed by atoms with Crippen molar-refractivity contribution in [3.63, 3.8) is 0 Å². The normalized spacial score (nSPS) is 13.5. The number of fused-ring (bicyclic) bond motifs is 1. The first-order valence-corrected chi connectivity index (χ1v) is 10.3. The van der Waals surface area contributed by atoms with Crippen molar-refractivity contribution in [1.29, 1.82) is 0 Å². The van der Waals surface area contributed by atoms with Gasteiger partial charge in [-0.3, -0.25) is 9.69 Å². The SMILES string of the molecule is CCN(CC)Cc1c(NC(=O)c2ccc(OC)cc2)sc2c1CCCC2. The number of hydrogen-bond acceptors (Lipinski definition) is 4. The Balaban J connectivity index is 1.85. The monoisotopic (exact) mass is 372 g/mol. The van der Waals surface area contributed by atoms with E-state index in [1.54, 1.807) is 18.4 Å². The number of anilines is 1. The van der Waals surface area contributed by atoms with E-state index in [4.69, 9.17) is 4.74 Å². The van der Waals surface area contributed by atoms with Crippen LogP contribution >= 0.6 is 11.3 Å².